The zero-order valence-corrected chi connectivity index (χ0v) is 12.4. The Labute approximate surface area is 123 Å². The number of hydrogen-bond acceptors (Lipinski definition) is 4. The summed E-state index contributed by atoms with van der Waals surface area (Å²) < 4.78 is 5.01. The van der Waals surface area contributed by atoms with Crippen molar-refractivity contribution in [3.05, 3.63) is 28.5 Å². The molecule has 1 heterocycles. The average Bonchev–Trinajstić information content (AvgIpc) is 2.46. The van der Waals surface area contributed by atoms with Crippen LogP contribution in [0.1, 0.15) is 42.5 Å². The summed E-state index contributed by atoms with van der Waals surface area (Å²) in [4.78, 5) is 25.5. The Morgan fingerprint density at radius 3 is 2.75 bits per heavy atom. The zero-order valence-electron chi connectivity index (χ0n) is 11.6. The standard InChI is InChI=1S/C14H20N2O3S/c1-19-12(17)8-4-2-3-5-9-15-13(18)11-7-6-10-16-14(11)20/h6-7,10H,2-5,8-9H2,1H3,(H,15,18)(H,16,20). The zero-order chi connectivity index (χ0) is 14.8. The van der Waals surface area contributed by atoms with Crippen LogP contribution in [0.4, 0.5) is 0 Å². The molecule has 0 spiro atoms. The van der Waals surface area contributed by atoms with Gasteiger partial charge in [-0.2, -0.15) is 0 Å². The fourth-order valence-corrected chi connectivity index (χ4v) is 1.98. The number of H-pyrrole nitrogens is 1. The maximum absolute atomic E-state index is 11.8. The monoisotopic (exact) mass is 296 g/mol. The van der Waals surface area contributed by atoms with E-state index in [1.165, 1.54) is 7.11 Å². The van der Waals surface area contributed by atoms with E-state index in [4.69, 9.17) is 12.2 Å². The Hall–Kier alpha value is -1.69. The van der Waals surface area contributed by atoms with E-state index in [9.17, 15) is 9.59 Å². The first-order chi connectivity index (χ1) is 9.65. The molecule has 0 radical (unpaired) electrons. The molecule has 1 amide bonds. The molecule has 0 bridgehead atoms. The summed E-state index contributed by atoms with van der Waals surface area (Å²) in [6, 6.07) is 3.45. The number of methoxy groups -OCH3 is 1. The molecule has 5 nitrogen and oxygen atoms in total. The van der Waals surface area contributed by atoms with Crippen LogP contribution in [0.3, 0.4) is 0 Å². The molecular weight excluding hydrogens is 276 g/mol. The van der Waals surface area contributed by atoms with Crippen LogP contribution < -0.4 is 5.32 Å². The first-order valence-corrected chi connectivity index (χ1v) is 7.08. The van der Waals surface area contributed by atoms with Crippen LogP contribution >= 0.6 is 12.2 Å². The number of nitrogens with one attached hydrogen (secondary N) is 2. The largest absolute Gasteiger partial charge is 0.469 e. The molecule has 0 saturated carbocycles. The molecule has 0 aliphatic rings. The molecule has 1 aromatic rings. The van der Waals surface area contributed by atoms with E-state index in [1.54, 1.807) is 18.3 Å². The molecule has 1 aromatic heterocycles. The quantitative estimate of drug-likeness (QED) is 0.439. The Morgan fingerprint density at radius 1 is 1.30 bits per heavy atom. The van der Waals surface area contributed by atoms with Crippen LogP contribution in [0, 0.1) is 4.64 Å². The number of ether oxygens (including phenoxy) is 1. The third-order valence-electron chi connectivity index (χ3n) is 2.88. The highest BCUT2D eigenvalue weighted by Gasteiger charge is 2.06. The van der Waals surface area contributed by atoms with Crippen LogP contribution in [0.5, 0.6) is 0 Å². The highest BCUT2D eigenvalue weighted by Crippen LogP contribution is 2.04. The Balaban J connectivity index is 2.13. The number of unbranched alkanes of at least 4 members (excludes halogenated alkanes) is 3. The van der Waals surface area contributed by atoms with Gasteiger partial charge in [-0.15, -0.1) is 0 Å². The van der Waals surface area contributed by atoms with Gasteiger partial charge in [-0.25, -0.2) is 0 Å². The molecule has 0 aromatic carbocycles. The maximum atomic E-state index is 11.8. The summed E-state index contributed by atoms with van der Waals surface area (Å²) in [5.41, 5.74) is 0.494. The van der Waals surface area contributed by atoms with E-state index in [0.717, 1.165) is 25.7 Å². The van der Waals surface area contributed by atoms with E-state index in [1.807, 2.05) is 0 Å². The maximum Gasteiger partial charge on any atom is 0.305 e. The van der Waals surface area contributed by atoms with E-state index in [0.29, 0.717) is 23.2 Å². The van der Waals surface area contributed by atoms with Crippen LogP contribution in [0.15, 0.2) is 18.3 Å². The van der Waals surface area contributed by atoms with Crippen molar-refractivity contribution in [1.82, 2.24) is 10.3 Å². The van der Waals surface area contributed by atoms with Crippen LogP contribution in [0.2, 0.25) is 0 Å². The van der Waals surface area contributed by atoms with Crippen molar-refractivity contribution in [2.75, 3.05) is 13.7 Å². The minimum atomic E-state index is -0.170. The molecule has 0 atom stereocenters. The van der Waals surface area contributed by atoms with Gasteiger partial charge in [0.2, 0.25) is 0 Å². The van der Waals surface area contributed by atoms with Crippen molar-refractivity contribution >= 4 is 24.1 Å². The van der Waals surface area contributed by atoms with Crippen molar-refractivity contribution in [3.63, 3.8) is 0 Å². The summed E-state index contributed by atoms with van der Waals surface area (Å²) >= 11 is 5.04. The number of aromatic nitrogens is 1. The van der Waals surface area contributed by atoms with Crippen molar-refractivity contribution in [1.29, 1.82) is 0 Å². The average molecular weight is 296 g/mol. The molecule has 6 heteroatoms. The molecule has 0 fully saturated rings. The van der Waals surface area contributed by atoms with Gasteiger partial charge in [0.25, 0.3) is 5.91 Å². The Kier molecular flexibility index (Phi) is 7.57. The smallest absolute Gasteiger partial charge is 0.305 e. The second-order valence-electron chi connectivity index (χ2n) is 4.41. The number of amides is 1. The number of rotatable bonds is 8. The van der Waals surface area contributed by atoms with Crippen molar-refractivity contribution < 1.29 is 14.3 Å². The highest BCUT2D eigenvalue weighted by molar-refractivity contribution is 7.71. The number of esters is 1. The summed E-state index contributed by atoms with van der Waals surface area (Å²) in [7, 11) is 1.40. The van der Waals surface area contributed by atoms with Crippen LogP contribution in [-0.2, 0) is 9.53 Å². The fourth-order valence-electron chi connectivity index (χ4n) is 1.75. The Morgan fingerprint density at radius 2 is 2.05 bits per heavy atom. The summed E-state index contributed by atoms with van der Waals surface area (Å²) in [5.74, 6) is -0.321. The van der Waals surface area contributed by atoms with Gasteiger partial charge in [0.15, 0.2) is 0 Å². The molecule has 1 rings (SSSR count). The van der Waals surface area contributed by atoms with Gasteiger partial charge in [0.05, 0.1) is 12.7 Å². The van der Waals surface area contributed by atoms with E-state index in [-0.39, 0.29) is 11.9 Å². The van der Waals surface area contributed by atoms with Gasteiger partial charge in [-0.05, 0) is 25.0 Å². The molecule has 0 aliphatic heterocycles. The van der Waals surface area contributed by atoms with Gasteiger partial charge in [0, 0.05) is 19.2 Å². The lowest BCUT2D eigenvalue weighted by Crippen LogP contribution is -2.24. The van der Waals surface area contributed by atoms with Crippen molar-refractivity contribution in [2.24, 2.45) is 0 Å². The SMILES string of the molecule is COC(=O)CCCCCCNC(=O)c1ccc[nH]c1=S. The summed E-state index contributed by atoms with van der Waals surface area (Å²) in [6.45, 7) is 0.612. The molecule has 110 valence electrons. The third-order valence-corrected chi connectivity index (χ3v) is 3.22. The van der Waals surface area contributed by atoms with Crippen LogP contribution in [0.25, 0.3) is 0 Å². The number of carbonyl (C=O) groups excluding carboxylic acids is 2. The van der Waals surface area contributed by atoms with E-state index in [2.05, 4.69) is 15.0 Å². The number of hydrogen-bond donors (Lipinski definition) is 2. The van der Waals surface area contributed by atoms with Gasteiger partial charge in [-0.1, -0.05) is 25.1 Å². The second kappa shape index (κ2) is 9.25. The molecular formula is C14H20N2O3S. The summed E-state index contributed by atoms with van der Waals surface area (Å²) in [5, 5.41) is 2.83. The van der Waals surface area contributed by atoms with Crippen molar-refractivity contribution in [3.8, 4) is 0 Å². The lowest BCUT2D eigenvalue weighted by molar-refractivity contribution is -0.140. The number of aromatic amines is 1. The van der Waals surface area contributed by atoms with E-state index >= 15 is 0 Å². The first kappa shape index (κ1) is 16.4. The molecule has 0 saturated heterocycles. The number of pyridine rings is 1. The van der Waals surface area contributed by atoms with Gasteiger partial charge >= 0.3 is 5.97 Å². The van der Waals surface area contributed by atoms with Gasteiger partial charge in [0.1, 0.15) is 4.64 Å². The normalized spacial score (nSPS) is 10.1. The molecule has 20 heavy (non-hydrogen) atoms. The minimum absolute atomic E-state index is 0.151. The minimum Gasteiger partial charge on any atom is -0.469 e. The Bertz CT molecular complexity index is 499. The second-order valence-corrected chi connectivity index (χ2v) is 4.82. The fraction of sp³-hybridized carbons (Fsp3) is 0.500. The van der Waals surface area contributed by atoms with Gasteiger partial charge < -0.3 is 15.0 Å². The molecule has 0 aliphatic carbocycles. The lowest BCUT2D eigenvalue weighted by atomic mass is 10.1. The number of carbonyl (C=O) groups is 2. The molecule has 2 N–H and O–H groups in total. The highest BCUT2D eigenvalue weighted by atomic mass is 32.1. The predicted molar refractivity (Wildman–Crippen MR) is 79.1 cm³/mol. The third kappa shape index (κ3) is 5.97. The topological polar surface area (TPSA) is 71.2 Å². The van der Waals surface area contributed by atoms with Gasteiger partial charge in [-0.3, -0.25) is 9.59 Å². The van der Waals surface area contributed by atoms with E-state index < -0.39 is 0 Å². The summed E-state index contributed by atoms with van der Waals surface area (Å²) in [6.07, 6.45) is 5.79. The predicted octanol–water partition coefficient (Wildman–Crippen LogP) is 2.60. The molecule has 0 unspecified atom stereocenters. The first-order valence-electron chi connectivity index (χ1n) is 6.68. The lowest BCUT2D eigenvalue weighted by Gasteiger charge is -2.05. The van der Waals surface area contributed by atoms with Crippen molar-refractivity contribution in [2.45, 2.75) is 32.1 Å². The van der Waals surface area contributed by atoms with Crippen LogP contribution in [-0.4, -0.2) is 30.5 Å².